The van der Waals surface area contributed by atoms with Crippen LogP contribution in [0.3, 0.4) is 0 Å². The second kappa shape index (κ2) is 4.19. The van der Waals surface area contributed by atoms with Crippen LogP contribution in [0.15, 0.2) is 0 Å². The molecule has 0 saturated carbocycles. The van der Waals surface area contributed by atoms with Gasteiger partial charge < -0.3 is 0 Å². The zero-order valence-corrected chi connectivity index (χ0v) is 6.67. The minimum absolute atomic E-state index is 0.158. The van der Waals surface area contributed by atoms with E-state index < -0.39 is 31.1 Å². The molecule has 0 aromatic rings. The van der Waals surface area contributed by atoms with Crippen molar-refractivity contribution >= 4 is 0 Å². The summed E-state index contributed by atoms with van der Waals surface area (Å²) in [5, 5.41) is 0. The first-order valence-electron chi connectivity index (χ1n) is 3.57. The summed E-state index contributed by atoms with van der Waals surface area (Å²) < 4.78 is 71.6. The van der Waals surface area contributed by atoms with Crippen molar-refractivity contribution in [1.82, 2.24) is 0 Å². The van der Waals surface area contributed by atoms with Gasteiger partial charge in [-0.05, 0) is 6.42 Å². The Bertz CT molecular complexity index is 150. The fourth-order valence-corrected chi connectivity index (χ4v) is 0.768. The van der Waals surface area contributed by atoms with E-state index in [1.165, 1.54) is 0 Å². The maximum Gasteiger partial charge on any atom is 0.394 e. The van der Waals surface area contributed by atoms with Crippen LogP contribution >= 0.6 is 0 Å². The highest BCUT2D eigenvalue weighted by molar-refractivity contribution is 4.80. The molecule has 0 bridgehead atoms. The van der Waals surface area contributed by atoms with Gasteiger partial charge in [-0.1, -0.05) is 13.3 Å². The summed E-state index contributed by atoms with van der Waals surface area (Å²) in [4.78, 5) is 0. The Labute approximate surface area is 71.9 Å². The highest BCUT2D eigenvalue weighted by atomic mass is 19.4. The van der Waals surface area contributed by atoms with Crippen LogP contribution < -0.4 is 0 Å². The quantitative estimate of drug-likeness (QED) is 0.618. The van der Waals surface area contributed by atoms with Gasteiger partial charge in [0.15, 0.2) is 6.17 Å². The van der Waals surface area contributed by atoms with Crippen LogP contribution in [-0.2, 0) is 0 Å². The number of alkyl halides is 6. The van der Waals surface area contributed by atoms with Gasteiger partial charge in [-0.25, -0.2) is 13.2 Å². The summed E-state index contributed by atoms with van der Waals surface area (Å²) in [6.45, 7) is 3.08. The number of hydrogen-bond acceptors (Lipinski definition) is 0. The van der Waals surface area contributed by atoms with Gasteiger partial charge in [-0.3, -0.25) is 0 Å². The van der Waals surface area contributed by atoms with E-state index >= 15 is 0 Å². The van der Waals surface area contributed by atoms with Crippen LogP contribution in [0.2, 0.25) is 0 Å². The summed E-state index contributed by atoms with van der Waals surface area (Å²) >= 11 is 0. The van der Waals surface area contributed by atoms with Gasteiger partial charge >= 0.3 is 6.18 Å². The van der Waals surface area contributed by atoms with Crippen molar-refractivity contribution in [1.29, 1.82) is 0 Å². The molecule has 0 fully saturated rings. The molecule has 0 rings (SSSR count). The Morgan fingerprint density at radius 2 is 1.54 bits per heavy atom. The minimum Gasteiger partial charge on any atom is -0.241 e. The monoisotopic (exact) mass is 207 g/mol. The van der Waals surface area contributed by atoms with Crippen molar-refractivity contribution in [3.05, 3.63) is 6.92 Å². The van der Waals surface area contributed by atoms with E-state index in [1.807, 2.05) is 0 Å². The van der Waals surface area contributed by atoms with Gasteiger partial charge in [0.05, 0.1) is 0 Å². The zero-order valence-electron chi connectivity index (χ0n) is 6.67. The molecule has 0 saturated heterocycles. The molecule has 0 aliphatic rings. The number of hydrogen-bond donors (Lipinski definition) is 0. The van der Waals surface area contributed by atoms with Gasteiger partial charge in [-0.2, -0.15) is 13.2 Å². The molecule has 13 heavy (non-hydrogen) atoms. The molecule has 1 atom stereocenters. The molecule has 0 aliphatic carbocycles. The van der Waals surface area contributed by atoms with Crippen molar-refractivity contribution in [2.45, 2.75) is 37.5 Å². The smallest absolute Gasteiger partial charge is 0.241 e. The predicted octanol–water partition coefficient (Wildman–Crippen LogP) is 3.53. The van der Waals surface area contributed by atoms with E-state index in [9.17, 15) is 26.3 Å². The standard InChI is InChI=1S/C7H9F6/c1-2-3-5(8)6(9,10)4-7(11,12)13/h5H,1-4H2/t5-/m0/s1. The molecule has 0 unspecified atom stereocenters. The van der Waals surface area contributed by atoms with Gasteiger partial charge in [-0.15, -0.1) is 0 Å². The second-order valence-corrected chi connectivity index (χ2v) is 2.66. The molecule has 0 nitrogen and oxygen atoms in total. The Morgan fingerprint density at radius 3 is 1.85 bits per heavy atom. The largest absolute Gasteiger partial charge is 0.394 e. The summed E-state index contributed by atoms with van der Waals surface area (Å²) in [6, 6.07) is 0. The SMILES string of the molecule is [CH2]CC[C@H](F)C(F)(F)CC(F)(F)F. The lowest BCUT2D eigenvalue weighted by Gasteiger charge is -2.21. The van der Waals surface area contributed by atoms with E-state index in [0.717, 1.165) is 0 Å². The topological polar surface area (TPSA) is 0 Å². The molecule has 0 aromatic carbocycles. The fourth-order valence-electron chi connectivity index (χ4n) is 0.768. The van der Waals surface area contributed by atoms with Crippen LogP contribution in [0.5, 0.6) is 0 Å². The Kier molecular flexibility index (Phi) is 4.06. The summed E-state index contributed by atoms with van der Waals surface area (Å²) in [6.07, 6.45) is -11.1. The molecule has 0 N–H and O–H groups in total. The van der Waals surface area contributed by atoms with E-state index in [1.54, 1.807) is 0 Å². The molecule has 0 aliphatic heterocycles. The summed E-state index contributed by atoms with van der Waals surface area (Å²) in [7, 11) is 0. The first-order chi connectivity index (χ1) is 5.69. The third kappa shape index (κ3) is 5.00. The molecular formula is C7H9F6. The molecule has 79 valence electrons. The molecule has 6 heteroatoms. The van der Waals surface area contributed by atoms with E-state index in [2.05, 4.69) is 6.92 Å². The third-order valence-corrected chi connectivity index (χ3v) is 1.35. The van der Waals surface area contributed by atoms with Crippen LogP contribution in [0.1, 0.15) is 19.3 Å². The predicted molar refractivity (Wildman–Crippen MR) is 35.1 cm³/mol. The first-order valence-corrected chi connectivity index (χ1v) is 3.57. The van der Waals surface area contributed by atoms with Gasteiger partial charge in [0.25, 0.3) is 5.92 Å². The average molecular weight is 207 g/mol. The van der Waals surface area contributed by atoms with Crippen molar-refractivity contribution in [3.8, 4) is 0 Å². The molecular weight excluding hydrogens is 198 g/mol. The molecule has 0 heterocycles. The second-order valence-electron chi connectivity index (χ2n) is 2.66. The van der Waals surface area contributed by atoms with Gasteiger partial charge in [0.1, 0.15) is 6.42 Å². The first kappa shape index (κ1) is 12.6. The minimum atomic E-state index is -5.05. The van der Waals surface area contributed by atoms with E-state index in [0.29, 0.717) is 0 Å². The highest BCUT2D eigenvalue weighted by Gasteiger charge is 2.48. The lowest BCUT2D eigenvalue weighted by Crippen LogP contribution is -2.35. The molecule has 0 aromatic heterocycles. The van der Waals surface area contributed by atoms with Crippen LogP contribution in [0.4, 0.5) is 26.3 Å². The van der Waals surface area contributed by atoms with E-state index in [-0.39, 0.29) is 6.42 Å². The van der Waals surface area contributed by atoms with E-state index in [4.69, 9.17) is 0 Å². The summed E-state index contributed by atoms with van der Waals surface area (Å²) in [5.74, 6) is -4.34. The Hall–Kier alpha value is -0.420. The lowest BCUT2D eigenvalue weighted by molar-refractivity contribution is -0.205. The number of rotatable bonds is 4. The lowest BCUT2D eigenvalue weighted by atomic mass is 10.1. The molecule has 0 amide bonds. The zero-order chi connectivity index (χ0) is 10.7. The van der Waals surface area contributed by atoms with Crippen LogP contribution in [-0.4, -0.2) is 18.3 Å². The Morgan fingerprint density at radius 1 is 1.08 bits per heavy atom. The third-order valence-electron chi connectivity index (χ3n) is 1.35. The molecule has 1 radical (unpaired) electrons. The van der Waals surface area contributed by atoms with Crippen LogP contribution in [0, 0.1) is 6.92 Å². The normalized spacial score (nSPS) is 15.9. The number of halogens is 6. The van der Waals surface area contributed by atoms with Crippen molar-refractivity contribution in [2.75, 3.05) is 0 Å². The summed E-state index contributed by atoms with van der Waals surface area (Å²) in [5.41, 5.74) is 0. The van der Waals surface area contributed by atoms with Crippen molar-refractivity contribution < 1.29 is 26.3 Å². The van der Waals surface area contributed by atoms with Gasteiger partial charge in [0, 0.05) is 0 Å². The van der Waals surface area contributed by atoms with Gasteiger partial charge in [0.2, 0.25) is 0 Å². The maximum absolute atomic E-state index is 12.4. The van der Waals surface area contributed by atoms with Crippen LogP contribution in [0.25, 0.3) is 0 Å². The fraction of sp³-hybridized carbons (Fsp3) is 0.857. The highest BCUT2D eigenvalue weighted by Crippen LogP contribution is 2.36. The average Bonchev–Trinajstić information content (AvgIpc) is 1.82. The molecule has 0 spiro atoms. The van der Waals surface area contributed by atoms with Crippen molar-refractivity contribution in [2.24, 2.45) is 0 Å². The van der Waals surface area contributed by atoms with Crippen molar-refractivity contribution in [3.63, 3.8) is 0 Å². The Balaban J connectivity index is 4.21. The maximum atomic E-state index is 12.4.